The first-order valence-electron chi connectivity index (χ1n) is 8.92. The van der Waals surface area contributed by atoms with Crippen molar-refractivity contribution in [2.24, 2.45) is 5.92 Å². The zero-order valence-electron chi connectivity index (χ0n) is 16.5. The molecule has 0 spiro atoms. The first-order chi connectivity index (χ1) is 14.2. The average molecular weight is 475 g/mol. The van der Waals surface area contributed by atoms with Gasteiger partial charge in [0, 0.05) is 13.1 Å². The topological polar surface area (TPSA) is 94.2 Å². The van der Waals surface area contributed by atoms with E-state index in [0.29, 0.717) is 29.2 Å². The second-order valence-electron chi connectivity index (χ2n) is 6.60. The molecular weight excluding hydrogens is 455 g/mol. The molecule has 1 aromatic rings. The van der Waals surface area contributed by atoms with Crippen LogP contribution in [0, 0.1) is 5.92 Å². The van der Waals surface area contributed by atoms with Gasteiger partial charge < -0.3 is 19.5 Å². The molecule has 3 rings (SSSR count). The second kappa shape index (κ2) is 8.95. The third-order valence-corrected chi connectivity index (χ3v) is 6.38. The largest absolute Gasteiger partial charge is 0.493 e. The minimum atomic E-state index is -1.02. The summed E-state index contributed by atoms with van der Waals surface area (Å²) >= 11 is 12.5. The summed E-state index contributed by atoms with van der Waals surface area (Å²) in [5.74, 6) is 0.0909. The minimum Gasteiger partial charge on any atom is -0.493 e. The summed E-state index contributed by atoms with van der Waals surface area (Å²) in [5.41, 5.74) is 0.609. The van der Waals surface area contributed by atoms with E-state index in [0.717, 1.165) is 16.7 Å². The van der Waals surface area contributed by atoms with E-state index >= 15 is 0 Å². The maximum Gasteiger partial charge on any atom is 0.293 e. The molecule has 1 aliphatic carbocycles. The van der Waals surface area contributed by atoms with Crippen molar-refractivity contribution < 1.29 is 28.6 Å². The van der Waals surface area contributed by atoms with Crippen LogP contribution in [0.1, 0.15) is 12.0 Å². The fraction of sp³-hybridized carbons (Fsp3) is 0.421. The predicted octanol–water partition coefficient (Wildman–Crippen LogP) is 3.06. The molecule has 1 saturated carbocycles. The van der Waals surface area contributed by atoms with Crippen LogP contribution in [0.3, 0.4) is 0 Å². The number of amides is 3. The predicted molar refractivity (Wildman–Crippen MR) is 114 cm³/mol. The van der Waals surface area contributed by atoms with E-state index in [1.807, 2.05) is 0 Å². The van der Waals surface area contributed by atoms with Crippen LogP contribution in [0.2, 0.25) is 0 Å². The van der Waals surface area contributed by atoms with Gasteiger partial charge in [-0.3, -0.25) is 19.3 Å². The van der Waals surface area contributed by atoms with E-state index in [-0.39, 0.29) is 23.9 Å². The molecule has 3 amide bonds. The van der Waals surface area contributed by atoms with Crippen molar-refractivity contribution in [3.63, 3.8) is 0 Å². The van der Waals surface area contributed by atoms with Crippen molar-refractivity contribution in [1.29, 1.82) is 0 Å². The van der Waals surface area contributed by atoms with Gasteiger partial charge in [-0.2, -0.15) is 0 Å². The highest BCUT2D eigenvalue weighted by atomic mass is 35.5. The third kappa shape index (κ3) is 4.63. The molecule has 11 heteroatoms. The Bertz CT molecular complexity index is 895. The van der Waals surface area contributed by atoms with Crippen LogP contribution >= 0.6 is 35.0 Å². The summed E-state index contributed by atoms with van der Waals surface area (Å²) in [6, 6.07) is 3.35. The number of ether oxygens (including phenoxy) is 3. The second-order valence-corrected chi connectivity index (χ2v) is 9.14. The van der Waals surface area contributed by atoms with Crippen molar-refractivity contribution in [3.05, 3.63) is 22.6 Å². The lowest BCUT2D eigenvalue weighted by Crippen LogP contribution is -2.38. The third-order valence-electron chi connectivity index (χ3n) is 4.64. The van der Waals surface area contributed by atoms with Crippen molar-refractivity contribution in [3.8, 4) is 17.2 Å². The van der Waals surface area contributed by atoms with Crippen LogP contribution in [0.15, 0.2) is 17.0 Å². The highest BCUT2D eigenvalue weighted by molar-refractivity contribution is 8.18. The number of carbonyl (C=O) groups excluding carboxylic acids is 3. The van der Waals surface area contributed by atoms with E-state index in [2.05, 4.69) is 5.32 Å². The lowest BCUT2D eigenvalue weighted by atomic mass is 10.1. The van der Waals surface area contributed by atoms with Crippen LogP contribution in [-0.4, -0.2) is 60.7 Å². The van der Waals surface area contributed by atoms with Gasteiger partial charge in [0.2, 0.25) is 11.7 Å². The molecule has 0 aromatic heterocycles. The number of nitrogens with one attached hydrogen (secondary N) is 1. The molecule has 1 N–H and O–H groups in total. The maximum absolute atomic E-state index is 12.7. The number of carbonyl (C=O) groups is 3. The Morgan fingerprint density at radius 2 is 1.83 bits per heavy atom. The number of rotatable bonds is 8. The molecule has 1 aromatic carbocycles. The fourth-order valence-electron chi connectivity index (χ4n) is 2.94. The minimum absolute atomic E-state index is 0.0489. The van der Waals surface area contributed by atoms with Crippen LogP contribution in [0.25, 0.3) is 6.08 Å². The summed E-state index contributed by atoms with van der Waals surface area (Å²) in [5, 5.41) is 2.23. The number of nitrogens with zero attached hydrogens (tertiary/aromatic N) is 1. The standard InChI is InChI=1S/C19H20Cl2N2O6S/c1-27-12-6-10(7-13(28-2)15(12)29-3)8-14-17(25)23(18(26)30-14)5-4-22-16(24)11-9-19(11,20)21/h6-8,11H,4-5,9H2,1-3H3,(H,22,24)/b14-8-. The van der Waals surface area contributed by atoms with Gasteiger partial charge in [0.15, 0.2) is 11.5 Å². The van der Waals surface area contributed by atoms with Crippen molar-refractivity contribution in [2.45, 2.75) is 10.8 Å². The van der Waals surface area contributed by atoms with E-state index in [1.54, 1.807) is 18.2 Å². The molecule has 8 nitrogen and oxygen atoms in total. The van der Waals surface area contributed by atoms with Crippen molar-refractivity contribution in [2.75, 3.05) is 34.4 Å². The molecule has 1 atom stereocenters. The van der Waals surface area contributed by atoms with E-state index in [1.165, 1.54) is 21.3 Å². The van der Waals surface area contributed by atoms with E-state index in [9.17, 15) is 14.4 Å². The molecule has 162 valence electrons. The number of thioether (sulfide) groups is 1. The van der Waals surface area contributed by atoms with Gasteiger partial charge in [0.05, 0.1) is 32.2 Å². The summed E-state index contributed by atoms with van der Waals surface area (Å²) in [6.07, 6.45) is 1.97. The Morgan fingerprint density at radius 1 is 1.23 bits per heavy atom. The quantitative estimate of drug-likeness (QED) is 0.456. The molecular formula is C19H20Cl2N2O6S. The van der Waals surface area contributed by atoms with Gasteiger partial charge in [-0.25, -0.2) is 0 Å². The molecule has 0 bridgehead atoms. The number of hydrogen-bond acceptors (Lipinski definition) is 7. The Balaban J connectivity index is 1.68. The smallest absolute Gasteiger partial charge is 0.293 e. The number of halogens is 2. The number of imide groups is 1. The Kier molecular flexibility index (Phi) is 6.74. The summed E-state index contributed by atoms with van der Waals surface area (Å²) in [4.78, 5) is 38.2. The molecule has 1 unspecified atom stereocenters. The zero-order chi connectivity index (χ0) is 22.1. The number of methoxy groups -OCH3 is 3. The average Bonchev–Trinajstić information content (AvgIpc) is 3.28. The maximum atomic E-state index is 12.7. The number of alkyl halides is 2. The van der Waals surface area contributed by atoms with Gasteiger partial charge in [-0.1, -0.05) is 0 Å². The molecule has 2 fully saturated rings. The zero-order valence-corrected chi connectivity index (χ0v) is 18.8. The van der Waals surface area contributed by atoms with Gasteiger partial charge in [-0.15, -0.1) is 23.2 Å². The van der Waals surface area contributed by atoms with Gasteiger partial charge in [0.25, 0.3) is 11.1 Å². The van der Waals surface area contributed by atoms with Crippen molar-refractivity contribution >= 4 is 58.1 Å². The van der Waals surface area contributed by atoms with Gasteiger partial charge >= 0.3 is 0 Å². The van der Waals surface area contributed by atoms with E-state index < -0.39 is 21.4 Å². The first kappa shape index (κ1) is 22.6. The van der Waals surface area contributed by atoms with Crippen LogP contribution < -0.4 is 19.5 Å². The molecule has 1 aliphatic heterocycles. The number of hydrogen-bond donors (Lipinski definition) is 1. The van der Waals surface area contributed by atoms with Gasteiger partial charge in [0.1, 0.15) is 4.33 Å². The Morgan fingerprint density at radius 3 is 2.33 bits per heavy atom. The monoisotopic (exact) mass is 474 g/mol. The van der Waals surface area contributed by atoms with Crippen molar-refractivity contribution in [1.82, 2.24) is 10.2 Å². The van der Waals surface area contributed by atoms with Crippen LogP contribution in [0.5, 0.6) is 17.2 Å². The summed E-state index contributed by atoms with van der Waals surface area (Å²) in [6.45, 7) is 0.169. The fourth-order valence-corrected chi connectivity index (χ4v) is 4.31. The molecule has 1 saturated heterocycles. The first-order valence-corrected chi connectivity index (χ1v) is 10.5. The molecule has 0 radical (unpaired) electrons. The Hall–Kier alpha value is -2.10. The molecule has 1 heterocycles. The highest BCUT2D eigenvalue weighted by Crippen LogP contribution is 2.53. The summed E-state index contributed by atoms with van der Waals surface area (Å²) < 4.78 is 14.9. The Labute approximate surface area is 187 Å². The SMILES string of the molecule is COc1cc(/C=C2\SC(=O)N(CCNC(=O)C3CC3(Cl)Cl)C2=O)cc(OC)c1OC. The highest BCUT2D eigenvalue weighted by Gasteiger charge is 2.56. The van der Waals surface area contributed by atoms with Gasteiger partial charge in [-0.05, 0) is 42.0 Å². The number of benzene rings is 1. The van der Waals surface area contributed by atoms with E-state index in [4.69, 9.17) is 37.4 Å². The molecule has 30 heavy (non-hydrogen) atoms. The van der Waals surface area contributed by atoms with Crippen LogP contribution in [-0.2, 0) is 9.59 Å². The van der Waals surface area contributed by atoms with Crippen LogP contribution in [0.4, 0.5) is 4.79 Å². The lowest BCUT2D eigenvalue weighted by molar-refractivity contribution is -0.124. The summed E-state index contributed by atoms with van der Waals surface area (Å²) in [7, 11) is 4.47. The lowest BCUT2D eigenvalue weighted by Gasteiger charge is -2.13. The normalized spacial score (nSPS) is 21.0. The molecule has 2 aliphatic rings.